The SMILES string of the molecule is COc1cc2c(cc1OC)N(Cc1ccccc1F)S(=O)(=O)C(C(=O)NCCOc1ccc(C)c(C)c1)=C2C. The van der Waals surface area contributed by atoms with Gasteiger partial charge in [-0.3, -0.25) is 9.10 Å². The number of nitrogens with one attached hydrogen (secondary N) is 1. The Morgan fingerprint density at radius 2 is 1.64 bits per heavy atom. The van der Waals surface area contributed by atoms with Crippen molar-refractivity contribution in [3.8, 4) is 17.2 Å². The molecule has 206 valence electrons. The van der Waals surface area contributed by atoms with E-state index in [4.69, 9.17) is 14.2 Å². The molecule has 0 saturated heterocycles. The third kappa shape index (κ3) is 5.56. The minimum Gasteiger partial charge on any atom is -0.493 e. The molecule has 0 spiro atoms. The van der Waals surface area contributed by atoms with E-state index in [1.165, 1.54) is 38.5 Å². The second-order valence-corrected chi connectivity index (χ2v) is 10.9. The zero-order valence-electron chi connectivity index (χ0n) is 22.5. The number of carbonyl (C=O) groups is 1. The van der Waals surface area contributed by atoms with Crippen LogP contribution in [0.2, 0.25) is 0 Å². The molecule has 1 N–H and O–H groups in total. The average molecular weight is 555 g/mol. The average Bonchev–Trinajstić information content (AvgIpc) is 2.91. The van der Waals surface area contributed by atoms with Crippen molar-refractivity contribution in [2.75, 3.05) is 31.7 Å². The molecule has 0 radical (unpaired) electrons. The van der Waals surface area contributed by atoms with Crippen LogP contribution in [0, 0.1) is 19.7 Å². The molecule has 8 nitrogen and oxygen atoms in total. The molecule has 0 atom stereocenters. The van der Waals surface area contributed by atoms with Gasteiger partial charge in [-0.15, -0.1) is 0 Å². The Bertz CT molecular complexity index is 1550. The van der Waals surface area contributed by atoms with Crippen molar-refractivity contribution in [2.24, 2.45) is 0 Å². The number of allylic oxidation sites excluding steroid dienone is 1. The van der Waals surface area contributed by atoms with E-state index in [2.05, 4.69) is 5.32 Å². The first-order valence-corrected chi connectivity index (χ1v) is 13.7. The number of hydrogen-bond donors (Lipinski definition) is 1. The molecule has 3 aromatic rings. The number of nitrogens with zero attached hydrogens (tertiary/aromatic N) is 1. The van der Waals surface area contributed by atoms with Gasteiger partial charge in [0.15, 0.2) is 16.4 Å². The number of aryl methyl sites for hydroxylation is 2. The molecule has 3 aromatic carbocycles. The minimum atomic E-state index is -4.39. The largest absolute Gasteiger partial charge is 0.493 e. The summed E-state index contributed by atoms with van der Waals surface area (Å²) < 4.78 is 59.9. The van der Waals surface area contributed by atoms with Crippen LogP contribution in [0.15, 0.2) is 59.5 Å². The zero-order valence-corrected chi connectivity index (χ0v) is 23.3. The fraction of sp³-hybridized carbons (Fsp3) is 0.276. The van der Waals surface area contributed by atoms with Gasteiger partial charge in [0.05, 0.1) is 33.0 Å². The van der Waals surface area contributed by atoms with Crippen molar-refractivity contribution in [2.45, 2.75) is 27.3 Å². The van der Waals surface area contributed by atoms with Crippen LogP contribution in [-0.2, 0) is 21.4 Å². The zero-order chi connectivity index (χ0) is 28.3. The first-order valence-electron chi connectivity index (χ1n) is 12.3. The van der Waals surface area contributed by atoms with E-state index >= 15 is 0 Å². The Hall–Kier alpha value is -4.05. The molecule has 0 aromatic heterocycles. The van der Waals surface area contributed by atoms with Crippen LogP contribution >= 0.6 is 0 Å². The highest BCUT2D eigenvalue weighted by Gasteiger charge is 2.40. The van der Waals surface area contributed by atoms with Gasteiger partial charge in [-0.05, 0) is 61.7 Å². The van der Waals surface area contributed by atoms with Gasteiger partial charge in [-0.1, -0.05) is 24.3 Å². The predicted octanol–water partition coefficient (Wildman–Crippen LogP) is 4.74. The Morgan fingerprint density at radius 3 is 2.31 bits per heavy atom. The van der Waals surface area contributed by atoms with Gasteiger partial charge < -0.3 is 19.5 Å². The van der Waals surface area contributed by atoms with Gasteiger partial charge in [-0.2, -0.15) is 0 Å². The lowest BCUT2D eigenvalue weighted by atomic mass is 10.0. The van der Waals surface area contributed by atoms with E-state index < -0.39 is 26.7 Å². The number of sulfonamides is 1. The molecular formula is C29H31FN2O6S. The summed E-state index contributed by atoms with van der Waals surface area (Å²) in [4.78, 5) is 12.9. The first-order chi connectivity index (χ1) is 18.6. The van der Waals surface area contributed by atoms with E-state index in [0.717, 1.165) is 15.4 Å². The van der Waals surface area contributed by atoms with Crippen LogP contribution in [0.5, 0.6) is 17.2 Å². The fourth-order valence-electron chi connectivity index (χ4n) is 4.39. The normalized spacial score (nSPS) is 14.1. The van der Waals surface area contributed by atoms with Crippen molar-refractivity contribution < 1.29 is 31.8 Å². The summed E-state index contributed by atoms with van der Waals surface area (Å²) in [5.74, 6) is -0.0267. The Balaban J connectivity index is 1.67. The standard InChI is InChI=1S/C29H31FN2O6S/c1-18-10-11-22(14-19(18)2)38-13-12-31-29(33)28-20(3)23-15-26(36-4)27(37-5)16-25(23)32(39(28,34)35)17-21-8-6-7-9-24(21)30/h6-11,14-16H,12-13,17H2,1-5H3,(H,31,33). The molecular weight excluding hydrogens is 523 g/mol. The molecule has 0 unspecified atom stereocenters. The number of methoxy groups -OCH3 is 2. The van der Waals surface area contributed by atoms with Crippen LogP contribution < -0.4 is 23.8 Å². The lowest BCUT2D eigenvalue weighted by Gasteiger charge is -2.33. The summed E-state index contributed by atoms with van der Waals surface area (Å²) in [6.07, 6.45) is 0. The predicted molar refractivity (Wildman–Crippen MR) is 148 cm³/mol. The van der Waals surface area contributed by atoms with E-state index in [1.807, 2.05) is 32.0 Å². The second-order valence-electron chi connectivity index (χ2n) is 9.13. The van der Waals surface area contributed by atoms with Gasteiger partial charge in [0.25, 0.3) is 15.9 Å². The van der Waals surface area contributed by atoms with Crippen LogP contribution in [0.25, 0.3) is 5.57 Å². The quantitative estimate of drug-likeness (QED) is 0.384. The maximum absolute atomic E-state index is 14.6. The molecule has 1 aliphatic heterocycles. The van der Waals surface area contributed by atoms with Gasteiger partial charge in [0, 0.05) is 17.2 Å². The number of rotatable bonds is 9. The summed E-state index contributed by atoms with van der Waals surface area (Å²) in [7, 11) is -1.49. The number of ether oxygens (including phenoxy) is 3. The topological polar surface area (TPSA) is 94.2 Å². The number of anilines is 1. The Kier molecular flexibility index (Phi) is 8.15. The van der Waals surface area contributed by atoms with E-state index in [-0.39, 0.29) is 36.5 Å². The van der Waals surface area contributed by atoms with Crippen molar-refractivity contribution in [3.63, 3.8) is 0 Å². The first kappa shape index (κ1) is 28.0. The summed E-state index contributed by atoms with van der Waals surface area (Å²) in [5, 5.41) is 2.65. The summed E-state index contributed by atoms with van der Waals surface area (Å²) >= 11 is 0. The van der Waals surface area contributed by atoms with E-state index in [1.54, 1.807) is 19.1 Å². The molecule has 1 amide bonds. The van der Waals surface area contributed by atoms with Gasteiger partial charge >= 0.3 is 0 Å². The minimum absolute atomic E-state index is 0.0736. The molecule has 0 saturated carbocycles. The molecule has 4 rings (SSSR count). The van der Waals surface area contributed by atoms with Crippen molar-refractivity contribution in [1.29, 1.82) is 0 Å². The lowest BCUT2D eigenvalue weighted by molar-refractivity contribution is -0.116. The number of fused-ring (bicyclic) bond motifs is 1. The van der Waals surface area contributed by atoms with Crippen molar-refractivity contribution in [1.82, 2.24) is 5.32 Å². The Morgan fingerprint density at radius 1 is 0.949 bits per heavy atom. The summed E-state index contributed by atoms with van der Waals surface area (Å²) in [5.41, 5.74) is 3.31. The van der Waals surface area contributed by atoms with Crippen LogP contribution in [0.3, 0.4) is 0 Å². The number of hydrogen-bond acceptors (Lipinski definition) is 6. The highest BCUT2D eigenvalue weighted by atomic mass is 32.2. The molecule has 0 bridgehead atoms. The van der Waals surface area contributed by atoms with Crippen LogP contribution in [0.1, 0.15) is 29.2 Å². The molecule has 0 aliphatic carbocycles. The molecule has 39 heavy (non-hydrogen) atoms. The monoisotopic (exact) mass is 554 g/mol. The summed E-state index contributed by atoms with van der Waals surface area (Å²) in [6, 6.07) is 14.7. The maximum Gasteiger partial charge on any atom is 0.270 e. The Labute approximate surface area is 228 Å². The third-order valence-corrected chi connectivity index (χ3v) is 8.59. The highest BCUT2D eigenvalue weighted by Crippen LogP contribution is 2.45. The third-order valence-electron chi connectivity index (χ3n) is 6.68. The van der Waals surface area contributed by atoms with Gasteiger partial charge in [0.2, 0.25) is 0 Å². The molecule has 1 aliphatic rings. The second kappa shape index (κ2) is 11.4. The molecule has 1 heterocycles. The maximum atomic E-state index is 14.6. The van der Waals surface area contributed by atoms with E-state index in [0.29, 0.717) is 22.8 Å². The summed E-state index contributed by atoms with van der Waals surface area (Å²) in [6.45, 7) is 5.42. The number of halogens is 1. The number of benzene rings is 3. The lowest BCUT2D eigenvalue weighted by Crippen LogP contribution is -2.41. The van der Waals surface area contributed by atoms with Crippen LogP contribution in [-0.4, -0.2) is 41.7 Å². The smallest absolute Gasteiger partial charge is 0.270 e. The van der Waals surface area contributed by atoms with Crippen LogP contribution in [0.4, 0.5) is 10.1 Å². The number of amides is 1. The van der Waals surface area contributed by atoms with Gasteiger partial charge in [-0.25, -0.2) is 12.8 Å². The van der Waals surface area contributed by atoms with Crippen molar-refractivity contribution in [3.05, 3.63) is 87.6 Å². The van der Waals surface area contributed by atoms with Gasteiger partial charge in [0.1, 0.15) is 18.2 Å². The number of carbonyl (C=O) groups excluding carboxylic acids is 1. The molecule has 0 fully saturated rings. The van der Waals surface area contributed by atoms with E-state index in [9.17, 15) is 17.6 Å². The molecule has 10 heteroatoms. The fourth-order valence-corrected chi connectivity index (χ4v) is 6.13. The van der Waals surface area contributed by atoms with Crippen molar-refractivity contribution >= 4 is 27.2 Å². The highest BCUT2D eigenvalue weighted by molar-refractivity contribution is 7.97.